The van der Waals surface area contributed by atoms with Gasteiger partial charge in [0.25, 0.3) is 5.69 Å². The van der Waals surface area contributed by atoms with E-state index in [1.54, 1.807) is 15.2 Å². The van der Waals surface area contributed by atoms with Crippen LogP contribution in [0.1, 0.15) is 11.1 Å². The first-order valence-electron chi connectivity index (χ1n) is 10.9. The average Bonchev–Trinajstić information content (AvgIpc) is 3.10. The van der Waals surface area contributed by atoms with Crippen LogP contribution in [0.4, 0.5) is 17.1 Å². The van der Waals surface area contributed by atoms with E-state index in [9.17, 15) is 14.9 Å². The Morgan fingerprint density at radius 1 is 0.706 bits per heavy atom. The third-order valence-electron chi connectivity index (χ3n) is 5.75. The number of nitro benzene ring substituents is 1. The molecule has 4 aromatic carbocycles. The van der Waals surface area contributed by atoms with Gasteiger partial charge >= 0.3 is 5.69 Å². The van der Waals surface area contributed by atoms with Gasteiger partial charge in [0.05, 0.1) is 29.0 Å². The molecule has 0 atom stereocenters. The van der Waals surface area contributed by atoms with Crippen molar-refractivity contribution in [2.45, 2.75) is 13.1 Å². The molecule has 1 aromatic heterocycles. The molecule has 0 spiro atoms. The highest BCUT2D eigenvalue weighted by molar-refractivity contribution is 5.87. The van der Waals surface area contributed by atoms with Crippen LogP contribution in [0.3, 0.4) is 0 Å². The molecule has 0 aliphatic rings. The monoisotopic (exact) mass is 450 g/mol. The van der Waals surface area contributed by atoms with Crippen molar-refractivity contribution in [1.82, 2.24) is 9.13 Å². The predicted molar refractivity (Wildman–Crippen MR) is 134 cm³/mol. The topological polar surface area (TPSA) is 82.1 Å². The summed E-state index contributed by atoms with van der Waals surface area (Å²) in [5.41, 5.74) is 3.83. The van der Waals surface area contributed by atoms with E-state index in [0.29, 0.717) is 29.8 Å². The lowest BCUT2D eigenvalue weighted by Gasteiger charge is -2.09. The lowest BCUT2D eigenvalue weighted by Crippen LogP contribution is -2.25. The minimum atomic E-state index is -0.420. The molecule has 7 nitrogen and oxygen atoms in total. The Balaban J connectivity index is 1.71. The van der Waals surface area contributed by atoms with Gasteiger partial charge in [-0.2, -0.15) is 0 Å². The lowest BCUT2D eigenvalue weighted by atomic mass is 10.2. The first-order valence-corrected chi connectivity index (χ1v) is 10.9. The van der Waals surface area contributed by atoms with Crippen LogP contribution in [0.5, 0.6) is 0 Å². The van der Waals surface area contributed by atoms with Crippen molar-refractivity contribution >= 4 is 28.1 Å². The van der Waals surface area contributed by atoms with E-state index < -0.39 is 4.92 Å². The fourth-order valence-electron chi connectivity index (χ4n) is 4.12. The zero-order valence-corrected chi connectivity index (χ0v) is 18.3. The Hall–Kier alpha value is -4.65. The molecule has 0 unspecified atom stereocenters. The molecule has 5 aromatic rings. The van der Waals surface area contributed by atoms with Crippen molar-refractivity contribution in [2.75, 3.05) is 5.32 Å². The number of nitro groups is 1. The summed E-state index contributed by atoms with van der Waals surface area (Å²) in [6.45, 7) is 0.682. The van der Waals surface area contributed by atoms with E-state index in [4.69, 9.17) is 0 Å². The van der Waals surface area contributed by atoms with Crippen LogP contribution in [0.2, 0.25) is 0 Å². The number of aromatic nitrogens is 2. The molecule has 0 saturated carbocycles. The minimum absolute atomic E-state index is 0.0879. The van der Waals surface area contributed by atoms with Crippen LogP contribution in [-0.2, 0) is 13.1 Å². The number of anilines is 2. The number of imidazole rings is 1. The zero-order valence-electron chi connectivity index (χ0n) is 18.3. The molecule has 0 aliphatic carbocycles. The molecule has 0 saturated heterocycles. The largest absolute Gasteiger partial charge is 0.350 e. The van der Waals surface area contributed by atoms with E-state index >= 15 is 0 Å². The molecule has 1 N–H and O–H groups in total. The molecule has 7 heteroatoms. The standard InChI is InChI=1S/C27H22N4O3/c32-27-29(18-20-10-4-1-5-11-20)25-16-23(28-22-14-8-3-9-15-22)24(31(33)34)17-26(25)30(27)19-21-12-6-2-7-13-21/h1-17,28H,18-19H2. The maximum Gasteiger partial charge on any atom is 0.329 e. The van der Waals surface area contributed by atoms with E-state index in [2.05, 4.69) is 5.32 Å². The number of benzene rings is 4. The highest BCUT2D eigenvalue weighted by Gasteiger charge is 2.22. The van der Waals surface area contributed by atoms with E-state index in [-0.39, 0.29) is 11.4 Å². The van der Waals surface area contributed by atoms with Crippen molar-refractivity contribution in [1.29, 1.82) is 0 Å². The van der Waals surface area contributed by atoms with Crippen LogP contribution < -0.4 is 11.0 Å². The summed E-state index contributed by atoms with van der Waals surface area (Å²) in [6, 6.07) is 31.8. The Morgan fingerprint density at radius 3 is 1.68 bits per heavy atom. The predicted octanol–water partition coefficient (Wildman–Crippen LogP) is 5.55. The third-order valence-corrected chi connectivity index (χ3v) is 5.75. The van der Waals surface area contributed by atoms with E-state index in [0.717, 1.165) is 16.8 Å². The van der Waals surface area contributed by atoms with Gasteiger partial charge < -0.3 is 5.32 Å². The molecule has 0 radical (unpaired) electrons. The molecule has 1 heterocycles. The van der Waals surface area contributed by atoms with Crippen molar-refractivity contribution in [3.05, 3.63) is 135 Å². The van der Waals surface area contributed by atoms with Gasteiger partial charge in [0.1, 0.15) is 5.69 Å². The van der Waals surface area contributed by atoms with Crippen LogP contribution in [-0.4, -0.2) is 14.1 Å². The van der Waals surface area contributed by atoms with Gasteiger partial charge in [-0.05, 0) is 29.3 Å². The molecule has 168 valence electrons. The smallest absolute Gasteiger partial charge is 0.329 e. The van der Waals surface area contributed by atoms with Crippen molar-refractivity contribution < 1.29 is 4.92 Å². The number of fused-ring (bicyclic) bond motifs is 1. The second kappa shape index (κ2) is 9.07. The Morgan fingerprint density at radius 2 is 1.18 bits per heavy atom. The third kappa shape index (κ3) is 4.19. The molecule has 0 bridgehead atoms. The second-order valence-electron chi connectivity index (χ2n) is 8.03. The summed E-state index contributed by atoms with van der Waals surface area (Å²) in [6.07, 6.45) is 0. The molecular formula is C27H22N4O3. The summed E-state index contributed by atoms with van der Waals surface area (Å²) in [4.78, 5) is 25.1. The summed E-state index contributed by atoms with van der Waals surface area (Å²) >= 11 is 0. The zero-order chi connectivity index (χ0) is 23.5. The Kier molecular flexibility index (Phi) is 5.66. The second-order valence-corrected chi connectivity index (χ2v) is 8.03. The number of nitrogens with one attached hydrogen (secondary N) is 1. The van der Waals surface area contributed by atoms with Gasteiger partial charge in [-0.3, -0.25) is 19.2 Å². The van der Waals surface area contributed by atoms with Gasteiger partial charge in [0.15, 0.2) is 0 Å². The van der Waals surface area contributed by atoms with Crippen molar-refractivity contribution in [2.24, 2.45) is 0 Å². The minimum Gasteiger partial charge on any atom is -0.350 e. The molecular weight excluding hydrogens is 428 g/mol. The Bertz CT molecular complexity index is 1510. The SMILES string of the molecule is O=c1n(Cc2ccccc2)c2cc(Nc3ccccc3)c([N+](=O)[O-])cc2n1Cc1ccccc1. The van der Waals surface area contributed by atoms with E-state index in [1.807, 2.05) is 91.0 Å². The number of nitrogens with zero attached hydrogens (tertiary/aromatic N) is 3. The number of hydrogen-bond acceptors (Lipinski definition) is 4. The Labute approximate surface area is 195 Å². The van der Waals surface area contributed by atoms with Crippen molar-refractivity contribution in [3.8, 4) is 0 Å². The average molecular weight is 450 g/mol. The summed E-state index contributed by atoms with van der Waals surface area (Å²) in [5, 5.41) is 15.1. The van der Waals surface area contributed by atoms with Gasteiger partial charge in [-0.1, -0.05) is 78.9 Å². The molecule has 0 amide bonds. The van der Waals surface area contributed by atoms with Gasteiger partial charge in [-0.15, -0.1) is 0 Å². The van der Waals surface area contributed by atoms with Gasteiger partial charge in [0.2, 0.25) is 0 Å². The lowest BCUT2D eigenvalue weighted by molar-refractivity contribution is -0.383. The maximum absolute atomic E-state index is 13.6. The van der Waals surface area contributed by atoms with Crippen LogP contribution >= 0.6 is 0 Å². The summed E-state index contributed by atoms with van der Waals surface area (Å²) in [5.74, 6) is 0. The summed E-state index contributed by atoms with van der Waals surface area (Å²) in [7, 11) is 0. The first kappa shape index (κ1) is 21.2. The van der Waals surface area contributed by atoms with Crippen LogP contribution in [0.15, 0.2) is 108 Å². The maximum atomic E-state index is 13.6. The molecule has 0 aliphatic heterocycles. The quantitative estimate of drug-likeness (QED) is 0.260. The van der Waals surface area contributed by atoms with Crippen molar-refractivity contribution in [3.63, 3.8) is 0 Å². The van der Waals surface area contributed by atoms with Crippen LogP contribution in [0, 0.1) is 10.1 Å². The fourth-order valence-corrected chi connectivity index (χ4v) is 4.12. The first-order chi connectivity index (χ1) is 16.6. The fraction of sp³-hybridized carbons (Fsp3) is 0.0741. The number of para-hydroxylation sites is 1. The number of hydrogen-bond donors (Lipinski definition) is 1. The van der Waals surface area contributed by atoms with Gasteiger partial charge in [0, 0.05) is 11.8 Å². The molecule has 5 rings (SSSR count). The van der Waals surface area contributed by atoms with E-state index in [1.165, 1.54) is 6.07 Å². The highest BCUT2D eigenvalue weighted by Crippen LogP contribution is 2.33. The normalized spacial score (nSPS) is 10.9. The summed E-state index contributed by atoms with van der Waals surface area (Å²) < 4.78 is 3.28. The molecule has 0 fully saturated rings. The highest BCUT2D eigenvalue weighted by atomic mass is 16.6. The molecule has 34 heavy (non-hydrogen) atoms. The van der Waals surface area contributed by atoms with Gasteiger partial charge in [-0.25, -0.2) is 4.79 Å². The van der Waals surface area contributed by atoms with Crippen LogP contribution in [0.25, 0.3) is 11.0 Å². The number of rotatable bonds is 7.